The van der Waals surface area contributed by atoms with Crippen LogP contribution in [0, 0.1) is 17.5 Å². The van der Waals surface area contributed by atoms with Crippen molar-refractivity contribution in [2.75, 3.05) is 37.3 Å². The molecule has 582 valence electrons. The molecule has 0 unspecified atom stereocenters. The molecule has 0 aliphatic carbocycles. The summed E-state index contributed by atoms with van der Waals surface area (Å²) in [5, 5.41) is 11.5. The van der Waals surface area contributed by atoms with Crippen molar-refractivity contribution in [2.24, 2.45) is 11.5 Å². The van der Waals surface area contributed by atoms with E-state index >= 15 is 0 Å². The number of primary amides is 1. The molecule has 5 heterocycles. The van der Waals surface area contributed by atoms with Gasteiger partial charge in [-0.15, -0.1) is 12.4 Å². The number of methoxy groups -OCH3 is 3. The average Bonchev–Trinajstić information content (AvgIpc) is 1.62. The number of esters is 3. The molecule has 4 aromatic heterocycles. The van der Waals surface area contributed by atoms with Gasteiger partial charge in [0.1, 0.15) is 109 Å². The van der Waals surface area contributed by atoms with Crippen LogP contribution >= 0.6 is 93.6 Å². The molecule has 1 aliphatic rings. The Bertz CT molecular complexity index is 4550. The van der Waals surface area contributed by atoms with Gasteiger partial charge >= 0.3 is 25.0 Å². The van der Waals surface area contributed by atoms with Crippen molar-refractivity contribution in [3.63, 3.8) is 0 Å². The van der Waals surface area contributed by atoms with Crippen LogP contribution in [0.15, 0.2) is 194 Å². The Balaban J connectivity index is 0.000000248. The molecule has 4 atom stereocenters. The molecular formula is C77H77BCl8F3N9O12. The third-order valence-electron chi connectivity index (χ3n) is 15.1. The molecule has 10 aromatic rings. The SMILES string of the molecule is CC1(C)OB(c2ccc(Oc3ccc(F)cc3)cc2)OC1(C)C.COC(=O)[C@H](C)N.COC(=O)[C@H](C)Nc1cc(Cl)cc(-c2ccc(Oc3ccc(F)cc3)cc2)n1.COC(=O)[C@H](C)Nc1cc(Cl)cc(Cl)n1.C[C@H](Nc1cc(Cl)cc(-c2ccc(Oc3ccc(F)cc3)cc2)n1)C(N)=O.Cl.Clc1cc(Cl)nc(Cl)c1. The van der Waals surface area contributed by atoms with Crippen LogP contribution in [0.2, 0.25) is 35.5 Å². The van der Waals surface area contributed by atoms with E-state index in [-0.39, 0.29) is 65.3 Å². The van der Waals surface area contributed by atoms with Gasteiger partial charge in [-0.1, -0.05) is 93.3 Å². The van der Waals surface area contributed by atoms with Crippen LogP contribution in [0.4, 0.5) is 30.6 Å². The molecule has 0 saturated carbocycles. The highest BCUT2D eigenvalue weighted by Gasteiger charge is 2.51. The van der Waals surface area contributed by atoms with Crippen molar-refractivity contribution in [1.29, 1.82) is 0 Å². The highest BCUT2D eigenvalue weighted by molar-refractivity contribution is 6.62. The third-order valence-corrected chi connectivity index (χ3v) is 16.6. The molecule has 1 saturated heterocycles. The number of hydrogen-bond donors (Lipinski definition) is 5. The zero-order chi connectivity index (χ0) is 80.3. The number of anilines is 3. The van der Waals surface area contributed by atoms with Crippen molar-refractivity contribution in [3.05, 3.63) is 247 Å². The predicted molar refractivity (Wildman–Crippen MR) is 430 cm³/mol. The molecule has 7 N–H and O–H groups in total. The second-order valence-corrected chi connectivity index (χ2v) is 27.2. The van der Waals surface area contributed by atoms with Crippen molar-refractivity contribution in [1.82, 2.24) is 19.9 Å². The van der Waals surface area contributed by atoms with Gasteiger partial charge in [-0.05, 0) is 243 Å². The second kappa shape index (κ2) is 43.9. The van der Waals surface area contributed by atoms with E-state index in [1.807, 2.05) is 76.2 Å². The van der Waals surface area contributed by atoms with E-state index in [4.69, 9.17) is 121 Å². The number of amides is 1. The number of benzene rings is 6. The summed E-state index contributed by atoms with van der Waals surface area (Å²) in [6, 6.07) is 50.2. The first kappa shape index (κ1) is 91.3. The lowest BCUT2D eigenvalue weighted by atomic mass is 9.79. The standard InChI is InChI=1S/C21H18ClFN2O3.C20H17ClFN3O2.C18H20BFO3.C9H10Cl2N2O2.C5H2Cl3N.C4H9NO2.ClH/c1-13(21(26)27-2)24-20-12-15(22)11-19(25-20)14-3-7-17(8-4-14)28-18-9-5-16(23)6-10-18;1-12(20(23)26)24-19-11-14(21)10-18(25-19)13-2-6-16(7-3-13)27-17-8-4-15(22)5-9-17;1-17(2)18(3,4)23-19(22-17)13-5-9-15(10-6-13)21-16-11-7-14(20)8-12-16;1-5(9(14)15-2)12-8-4-6(10)3-7(11)13-8;6-3-1-4(7)9-5(8)2-3;1-3(5)4(6)7-2;/h3-13H,1-2H3,(H,24,25);2-12H,1H3,(H2,23,26)(H,24,25);5-12H,1-4H3;3-5H,1-2H3,(H,12,13);1-2H;3H,5H2,1-2H3;1H/t13-;12-;;5-;;3-;/m00.0.0./s1. The van der Waals surface area contributed by atoms with Crippen LogP contribution in [0.25, 0.3) is 22.5 Å². The van der Waals surface area contributed by atoms with Gasteiger partial charge in [0.2, 0.25) is 5.91 Å². The number of carbonyl (C=O) groups excluding carboxylic acids is 4. The maximum absolute atomic E-state index is 13.0. The molecule has 1 aliphatic heterocycles. The van der Waals surface area contributed by atoms with Gasteiger partial charge < -0.3 is 65.1 Å². The van der Waals surface area contributed by atoms with Gasteiger partial charge in [0.05, 0.1) is 43.9 Å². The number of pyridine rings is 4. The summed E-state index contributed by atoms with van der Waals surface area (Å²) in [5.74, 6) is 2.35. The highest BCUT2D eigenvalue weighted by atomic mass is 35.5. The number of nitrogens with zero attached hydrogens (tertiary/aromatic N) is 4. The van der Waals surface area contributed by atoms with E-state index < -0.39 is 36.0 Å². The van der Waals surface area contributed by atoms with Gasteiger partial charge in [-0.25, -0.2) is 42.7 Å². The predicted octanol–water partition coefficient (Wildman–Crippen LogP) is 19.2. The summed E-state index contributed by atoms with van der Waals surface area (Å²) in [6.07, 6.45) is 0. The summed E-state index contributed by atoms with van der Waals surface area (Å²) in [6.45, 7) is 14.7. The molecule has 0 bridgehead atoms. The van der Waals surface area contributed by atoms with E-state index in [0.717, 1.165) is 16.6 Å². The maximum Gasteiger partial charge on any atom is 0.494 e. The van der Waals surface area contributed by atoms with Crippen LogP contribution in [-0.2, 0) is 42.7 Å². The topological polar surface area (TPSA) is 282 Å². The summed E-state index contributed by atoms with van der Waals surface area (Å²) in [5.41, 5.74) is 13.5. The molecule has 21 nitrogen and oxygen atoms in total. The molecule has 0 radical (unpaired) electrons. The molecule has 0 spiro atoms. The Hall–Kier alpha value is -9.35. The van der Waals surface area contributed by atoms with Gasteiger partial charge in [-0.3, -0.25) is 9.59 Å². The lowest BCUT2D eigenvalue weighted by Gasteiger charge is -2.32. The number of hydrogen-bond acceptors (Lipinski definition) is 20. The number of rotatable bonds is 19. The lowest BCUT2D eigenvalue weighted by molar-refractivity contribution is -0.142. The van der Waals surface area contributed by atoms with Gasteiger partial charge in [0.25, 0.3) is 0 Å². The molecule has 1 fully saturated rings. The lowest BCUT2D eigenvalue weighted by Crippen LogP contribution is -2.41. The molecule has 1 amide bonds. The summed E-state index contributed by atoms with van der Waals surface area (Å²) < 4.78 is 81.4. The Morgan fingerprint density at radius 2 is 0.682 bits per heavy atom. The van der Waals surface area contributed by atoms with Crippen molar-refractivity contribution in [2.45, 2.75) is 90.8 Å². The van der Waals surface area contributed by atoms with Crippen molar-refractivity contribution in [3.8, 4) is 57.0 Å². The monoisotopic (exact) mass is 1670 g/mol. The zero-order valence-electron chi connectivity index (χ0n) is 60.9. The Labute approximate surface area is 676 Å². The number of halogens is 11. The van der Waals surface area contributed by atoms with Gasteiger partial charge in [-0.2, -0.15) is 0 Å². The first-order valence-electron chi connectivity index (χ1n) is 32.7. The first-order chi connectivity index (χ1) is 51.5. The van der Waals surface area contributed by atoms with Crippen molar-refractivity contribution >= 4 is 147 Å². The van der Waals surface area contributed by atoms with E-state index in [2.05, 4.69) is 45.4 Å². The second-order valence-electron chi connectivity index (χ2n) is 24.3. The Kier molecular flexibility index (Phi) is 36.4. The van der Waals surface area contributed by atoms with Crippen LogP contribution in [0.1, 0.15) is 55.4 Å². The van der Waals surface area contributed by atoms with E-state index in [1.54, 1.807) is 119 Å². The first-order valence-corrected chi connectivity index (χ1v) is 35.4. The largest absolute Gasteiger partial charge is 0.494 e. The quantitative estimate of drug-likeness (QED) is 0.0218. The third kappa shape index (κ3) is 30.5. The van der Waals surface area contributed by atoms with E-state index in [1.165, 1.54) is 75.9 Å². The fraction of sp³-hybridized carbons (Fsp3) is 0.221. The van der Waals surface area contributed by atoms with Crippen molar-refractivity contribution < 1.29 is 70.1 Å². The summed E-state index contributed by atoms with van der Waals surface area (Å²) in [7, 11) is 3.57. The highest BCUT2D eigenvalue weighted by Crippen LogP contribution is 2.37. The van der Waals surface area contributed by atoms with E-state index in [9.17, 15) is 32.3 Å². The normalized spacial score (nSPS) is 13.0. The van der Waals surface area contributed by atoms with Crippen LogP contribution in [0.5, 0.6) is 34.5 Å². The molecule has 11 rings (SSSR count). The Morgan fingerprint density at radius 3 is 0.964 bits per heavy atom. The minimum atomic E-state index is -0.574. The number of nitrogens with one attached hydrogen (secondary N) is 3. The van der Waals surface area contributed by atoms with E-state index in [0.29, 0.717) is 93.7 Å². The Morgan fingerprint density at radius 1 is 0.409 bits per heavy atom. The van der Waals surface area contributed by atoms with Gasteiger partial charge in [0, 0.05) is 31.2 Å². The number of ether oxygens (including phenoxy) is 6. The van der Waals surface area contributed by atoms with Crippen LogP contribution in [-0.4, -0.2) is 108 Å². The summed E-state index contributed by atoms with van der Waals surface area (Å²) >= 11 is 40.3. The number of carbonyl (C=O) groups is 4. The molecule has 33 heteroatoms. The number of nitrogens with two attached hydrogens (primary N) is 2. The maximum atomic E-state index is 13.0. The number of aromatic nitrogens is 4. The van der Waals surface area contributed by atoms with Crippen LogP contribution < -0.4 is 47.1 Å². The summed E-state index contributed by atoms with van der Waals surface area (Å²) in [4.78, 5) is 60.7. The fourth-order valence-corrected chi connectivity index (χ4v) is 10.4. The fourth-order valence-electron chi connectivity index (χ4n) is 8.78. The average molecular weight is 1670 g/mol. The molecular weight excluding hydrogens is 1590 g/mol. The minimum Gasteiger partial charge on any atom is -0.468 e. The smallest absolute Gasteiger partial charge is 0.468 e. The molecule has 110 heavy (non-hydrogen) atoms. The van der Waals surface area contributed by atoms with Crippen LogP contribution in [0.3, 0.4) is 0 Å². The molecule has 6 aromatic carbocycles. The zero-order valence-corrected chi connectivity index (χ0v) is 67.0. The minimum absolute atomic E-state index is 0. The van der Waals surface area contributed by atoms with Gasteiger partial charge in [0.15, 0.2) is 0 Å².